The Labute approximate surface area is 121 Å². The third-order valence-corrected chi connectivity index (χ3v) is 2.15. The summed E-state index contributed by atoms with van der Waals surface area (Å²) in [6.45, 7) is 0. The standard InChI is InChI=1S/C12H13N4O4P/c17-21(18,19)20-12-10-8-6-4-2-1-3-5-7-9-11-13-15-16-14-12/h1-11H,(H2,17,18,19)/b2-1?,3-1-,4-2-,5-3?,6-4?,7-5-,8-6-,9-7?,10-8?,11-9-,12-10+,13-11?,14-12?,15-13-,16-14-,16-15?. The van der Waals surface area contributed by atoms with Crippen molar-refractivity contribution in [2.24, 2.45) is 20.7 Å². The van der Waals surface area contributed by atoms with Gasteiger partial charge in [-0.15, -0.1) is 5.11 Å². The first-order valence-corrected chi connectivity index (χ1v) is 7.20. The lowest BCUT2D eigenvalue weighted by molar-refractivity contribution is 0.239. The van der Waals surface area contributed by atoms with Gasteiger partial charge in [0.15, 0.2) is 0 Å². The summed E-state index contributed by atoms with van der Waals surface area (Å²) >= 11 is 0. The summed E-state index contributed by atoms with van der Waals surface area (Å²) in [4.78, 5) is 17.5. The van der Waals surface area contributed by atoms with Crippen LogP contribution in [0.3, 0.4) is 0 Å². The van der Waals surface area contributed by atoms with Crippen molar-refractivity contribution < 1.29 is 18.9 Å². The molecule has 0 bridgehead atoms. The van der Waals surface area contributed by atoms with Crippen LogP contribution in [0.4, 0.5) is 0 Å². The van der Waals surface area contributed by atoms with Gasteiger partial charge >= 0.3 is 7.82 Å². The van der Waals surface area contributed by atoms with E-state index >= 15 is 0 Å². The van der Waals surface area contributed by atoms with Gasteiger partial charge in [0.05, 0.1) is 6.20 Å². The Morgan fingerprint density at radius 3 is 2.05 bits per heavy atom. The van der Waals surface area contributed by atoms with E-state index in [1.165, 1.54) is 18.4 Å². The van der Waals surface area contributed by atoms with Gasteiger partial charge in [-0.25, -0.2) is 4.57 Å². The molecule has 1 heterocycles. The van der Waals surface area contributed by atoms with Crippen LogP contribution >= 0.6 is 7.82 Å². The molecule has 0 unspecified atom stereocenters. The predicted octanol–water partition coefficient (Wildman–Crippen LogP) is 3.51. The molecule has 0 saturated heterocycles. The van der Waals surface area contributed by atoms with Crippen molar-refractivity contribution in [2.45, 2.75) is 0 Å². The van der Waals surface area contributed by atoms with Crippen molar-refractivity contribution in [3.05, 3.63) is 72.8 Å². The van der Waals surface area contributed by atoms with Crippen LogP contribution in [0.15, 0.2) is 93.5 Å². The fourth-order valence-corrected chi connectivity index (χ4v) is 1.34. The summed E-state index contributed by atoms with van der Waals surface area (Å²) in [6, 6.07) is 0. The number of hydrogen-bond donors (Lipinski definition) is 2. The Bertz CT molecular complexity index is 609. The van der Waals surface area contributed by atoms with Crippen LogP contribution in [0, 0.1) is 0 Å². The molecule has 0 fully saturated rings. The van der Waals surface area contributed by atoms with Gasteiger partial charge in [-0.05, 0) is 16.5 Å². The Morgan fingerprint density at radius 1 is 0.857 bits per heavy atom. The number of allylic oxidation sites excluding steroid dienone is 10. The summed E-state index contributed by atoms with van der Waals surface area (Å²) in [6.07, 6.45) is 18.0. The molecule has 9 heteroatoms. The molecule has 0 aromatic heterocycles. The predicted molar refractivity (Wildman–Crippen MR) is 76.6 cm³/mol. The van der Waals surface area contributed by atoms with E-state index < -0.39 is 13.7 Å². The summed E-state index contributed by atoms with van der Waals surface area (Å²) in [5, 5.41) is 13.5. The maximum Gasteiger partial charge on any atom is 0.526 e. The zero-order valence-electron chi connectivity index (χ0n) is 10.8. The van der Waals surface area contributed by atoms with Crippen molar-refractivity contribution in [1.29, 1.82) is 0 Å². The van der Waals surface area contributed by atoms with E-state index in [1.807, 2.05) is 6.08 Å². The molecule has 21 heavy (non-hydrogen) atoms. The molecule has 0 amide bonds. The molecule has 1 rings (SSSR count). The molecule has 0 spiro atoms. The van der Waals surface area contributed by atoms with E-state index in [0.29, 0.717) is 0 Å². The zero-order chi connectivity index (χ0) is 15.4. The van der Waals surface area contributed by atoms with E-state index in [4.69, 9.17) is 9.79 Å². The second kappa shape index (κ2) is 9.49. The SMILES string of the molecule is O=P(O)(O)OC1=C/C=C\C=C/C=C\C=C/C=C\N=N/N=N\1. The molecular formula is C12H13N4O4P. The summed E-state index contributed by atoms with van der Waals surface area (Å²) in [5.74, 6) is -0.390. The largest absolute Gasteiger partial charge is 0.526 e. The lowest BCUT2D eigenvalue weighted by Crippen LogP contribution is -1.86. The van der Waals surface area contributed by atoms with Gasteiger partial charge in [0.1, 0.15) is 0 Å². The van der Waals surface area contributed by atoms with Gasteiger partial charge in [0.25, 0.3) is 0 Å². The highest BCUT2D eigenvalue weighted by molar-refractivity contribution is 7.46. The Morgan fingerprint density at radius 2 is 1.43 bits per heavy atom. The minimum atomic E-state index is -4.72. The third-order valence-electron chi connectivity index (χ3n) is 1.73. The van der Waals surface area contributed by atoms with Gasteiger partial charge in [-0.2, -0.15) is 0 Å². The summed E-state index contributed by atoms with van der Waals surface area (Å²) < 4.78 is 15.1. The van der Waals surface area contributed by atoms with Crippen LogP contribution in [0.2, 0.25) is 0 Å². The van der Waals surface area contributed by atoms with Gasteiger partial charge in [0.2, 0.25) is 5.88 Å². The van der Waals surface area contributed by atoms with E-state index in [-0.39, 0.29) is 0 Å². The van der Waals surface area contributed by atoms with E-state index in [9.17, 15) is 4.57 Å². The number of rotatable bonds is 2. The smallest absolute Gasteiger partial charge is 0.384 e. The van der Waals surface area contributed by atoms with Crippen molar-refractivity contribution in [2.75, 3.05) is 0 Å². The average Bonchev–Trinajstić information content (AvgIpc) is 2.39. The second-order valence-corrected chi connectivity index (χ2v) is 4.53. The minimum Gasteiger partial charge on any atom is -0.384 e. The maximum atomic E-state index is 10.8. The monoisotopic (exact) mass is 308 g/mol. The van der Waals surface area contributed by atoms with Crippen LogP contribution in [0.1, 0.15) is 0 Å². The van der Waals surface area contributed by atoms with Gasteiger partial charge < -0.3 is 4.52 Å². The molecule has 0 radical (unpaired) electrons. The molecule has 0 aromatic carbocycles. The van der Waals surface area contributed by atoms with Crippen molar-refractivity contribution in [3.8, 4) is 0 Å². The lowest BCUT2D eigenvalue weighted by atomic mass is 10.3. The van der Waals surface area contributed by atoms with Crippen LogP contribution in [-0.2, 0) is 9.09 Å². The molecule has 0 atom stereocenters. The van der Waals surface area contributed by atoms with Crippen LogP contribution in [0.5, 0.6) is 0 Å². The molecule has 110 valence electrons. The minimum absolute atomic E-state index is 0.390. The Balaban J connectivity index is 2.93. The second-order valence-electron chi connectivity index (χ2n) is 3.36. The van der Waals surface area contributed by atoms with Gasteiger partial charge in [0, 0.05) is 6.08 Å². The first kappa shape index (κ1) is 16.6. The Hall–Kier alpha value is -2.41. The van der Waals surface area contributed by atoms with Gasteiger partial charge in [-0.1, -0.05) is 53.7 Å². The van der Waals surface area contributed by atoms with Gasteiger partial charge in [-0.3, -0.25) is 9.79 Å². The number of nitrogens with zero attached hydrogens (tertiary/aromatic N) is 4. The van der Waals surface area contributed by atoms with Crippen molar-refractivity contribution >= 4 is 7.82 Å². The highest BCUT2D eigenvalue weighted by atomic mass is 31.2. The van der Waals surface area contributed by atoms with E-state index in [0.717, 1.165) is 0 Å². The average molecular weight is 308 g/mol. The molecule has 0 aromatic rings. The highest BCUT2D eigenvalue weighted by Crippen LogP contribution is 2.39. The fraction of sp³-hybridized carbons (Fsp3) is 0. The number of hydrogen-bond acceptors (Lipinski definition) is 6. The Kier molecular flexibility index (Phi) is 7.52. The van der Waals surface area contributed by atoms with Crippen LogP contribution < -0.4 is 0 Å². The third kappa shape index (κ3) is 10.1. The van der Waals surface area contributed by atoms with E-state index in [1.54, 1.807) is 42.5 Å². The first-order chi connectivity index (χ1) is 10.1. The quantitative estimate of drug-likeness (QED) is 0.759. The van der Waals surface area contributed by atoms with Crippen molar-refractivity contribution in [3.63, 3.8) is 0 Å². The highest BCUT2D eigenvalue weighted by Gasteiger charge is 2.17. The van der Waals surface area contributed by atoms with Crippen LogP contribution in [0.25, 0.3) is 0 Å². The van der Waals surface area contributed by atoms with Crippen molar-refractivity contribution in [1.82, 2.24) is 0 Å². The molecule has 2 N–H and O–H groups in total. The number of phosphoric acid groups is 1. The molecule has 8 nitrogen and oxygen atoms in total. The number of phosphoric ester groups is 1. The molecule has 1 aliphatic heterocycles. The molecule has 0 aliphatic carbocycles. The molecule has 0 saturated carbocycles. The maximum absolute atomic E-state index is 10.8. The topological polar surface area (TPSA) is 116 Å². The van der Waals surface area contributed by atoms with Crippen LogP contribution in [-0.4, -0.2) is 9.79 Å². The lowest BCUT2D eigenvalue weighted by Gasteiger charge is -2.03. The summed E-state index contributed by atoms with van der Waals surface area (Å²) in [7, 11) is -4.72. The fourth-order valence-electron chi connectivity index (χ4n) is 0.996. The summed E-state index contributed by atoms with van der Waals surface area (Å²) in [5.41, 5.74) is 0. The zero-order valence-corrected chi connectivity index (χ0v) is 11.7. The first-order valence-electron chi connectivity index (χ1n) is 5.67. The normalized spacial score (nSPS) is 29.3. The molecule has 1 aliphatic rings. The molecular weight excluding hydrogens is 295 g/mol. The van der Waals surface area contributed by atoms with E-state index in [2.05, 4.69) is 25.2 Å².